The molecule has 1 atom stereocenters. The van der Waals surface area contributed by atoms with Gasteiger partial charge < -0.3 is 5.11 Å². The number of rotatable bonds is 4. The molecule has 66 valence electrons. The molecule has 0 aliphatic heterocycles. The zero-order valence-corrected chi connectivity index (χ0v) is 8.77. The summed E-state index contributed by atoms with van der Waals surface area (Å²) in [5, 5.41) is 8.79. The van der Waals surface area contributed by atoms with Gasteiger partial charge in [-0.05, 0) is 19.3 Å². The Morgan fingerprint density at radius 1 is 1.27 bits per heavy atom. The first-order chi connectivity index (χ1) is 4.83. The Morgan fingerprint density at radius 2 is 1.73 bits per heavy atom. The van der Waals surface area contributed by atoms with Gasteiger partial charge in [0.25, 0.3) is 0 Å². The molecular weight excluding hydrogens is 159 g/mol. The van der Waals surface area contributed by atoms with Crippen LogP contribution in [0.25, 0.3) is 0 Å². The van der Waals surface area contributed by atoms with Crippen LogP contribution in [-0.2, 0) is 4.57 Å². The summed E-state index contributed by atoms with van der Waals surface area (Å²) in [5.74, 6) is 0. The van der Waals surface area contributed by atoms with Gasteiger partial charge in [0.2, 0.25) is 0 Å². The molecule has 0 saturated carbocycles. The highest BCUT2D eigenvalue weighted by Crippen LogP contribution is 2.35. The minimum atomic E-state index is -0.300. The van der Waals surface area contributed by atoms with Crippen molar-refractivity contribution in [2.75, 3.05) is 6.61 Å². The van der Waals surface area contributed by atoms with Gasteiger partial charge in [0.1, 0.15) is 0 Å². The highest BCUT2D eigenvalue weighted by atomic mass is 31.1. The SMILES string of the molecule is CC(C)(CO)CC(C)(C)[PH+]=O. The van der Waals surface area contributed by atoms with Crippen molar-refractivity contribution in [2.45, 2.75) is 39.3 Å². The highest BCUT2D eigenvalue weighted by Gasteiger charge is 2.34. The Balaban J connectivity index is 4.12. The topological polar surface area (TPSA) is 37.3 Å². The minimum absolute atomic E-state index is 0.110. The molecule has 11 heavy (non-hydrogen) atoms. The molecule has 3 heteroatoms. The smallest absolute Gasteiger partial charge is 0.330 e. The normalized spacial score (nSPS) is 13.9. The first kappa shape index (κ1) is 11.1. The first-order valence-electron chi connectivity index (χ1n) is 3.83. The van der Waals surface area contributed by atoms with Crippen LogP contribution in [0.2, 0.25) is 0 Å². The van der Waals surface area contributed by atoms with Crippen molar-refractivity contribution in [3.05, 3.63) is 0 Å². The lowest BCUT2D eigenvalue weighted by atomic mass is 9.84. The summed E-state index contributed by atoms with van der Waals surface area (Å²) in [7, 11) is -0.300. The van der Waals surface area contributed by atoms with Crippen LogP contribution in [0.15, 0.2) is 0 Å². The summed E-state index contributed by atoms with van der Waals surface area (Å²) in [4.78, 5) is 0. The van der Waals surface area contributed by atoms with Gasteiger partial charge in [0.15, 0.2) is 5.16 Å². The molecule has 0 rings (SSSR count). The third-order valence-corrected chi connectivity index (χ3v) is 2.35. The predicted octanol–water partition coefficient (Wildman–Crippen LogP) is 2.20. The molecule has 1 unspecified atom stereocenters. The largest absolute Gasteiger partial charge is 0.396 e. The van der Waals surface area contributed by atoms with Crippen LogP contribution in [0.4, 0.5) is 0 Å². The van der Waals surface area contributed by atoms with Gasteiger partial charge in [-0.3, -0.25) is 0 Å². The van der Waals surface area contributed by atoms with E-state index in [0.717, 1.165) is 6.42 Å². The third-order valence-electron chi connectivity index (χ3n) is 1.62. The first-order valence-corrected chi connectivity index (χ1v) is 4.74. The molecule has 0 aliphatic rings. The second-order valence-electron chi connectivity index (χ2n) is 4.49. The van der Waals surface area contributed by atoms with Crippen molar-refractivity contribution in [2.24, 2.45) is 5.41 Å². The number of hydrogen-bond donors (Lipinski definition) is 1. The average Bonchev–Trinajstić information content (AvgIpc) is 1.86. The van der Waals surface area contributed by atoms with Crippen LogP contribution in [-0.4, -0.2) is 16.9 Å². The van der Waals surface area contributed by atoms with E-state index in [-0.39, 0.29) is 25.6 Å². The Bertz CT molecular complexity index is 141. The van der Waals surface area contributed by atoms with Crippen LogP contribution in [0.1, 0.15) is 34.1 Å². The van der Waals surface area contributed by atoms with Crippen molar-refractivity contribution in [1.29, 1.82) is 0 Å². The molecule has 0 saturated heterocycles. The molecule has 0 aromatic rings. The lowest BCUT2D eigenvalue weighted by Crippen LogP contribution is -2.26. The molecule has 0 radical (unpaired) electrons. The van der Waals surface area contributed by atoms with Crippen molar-refractivity contribution < 1.29 is 9.67 Å². The molecule has 0 amide bonds. The number of aliphatic hydroxyl groups is 1. The fourth-order valence-corrected chi connectivity index (χ4v) is 1.84. The monoisotopic (exact) mass is 177 g/mol. The minimum Gasteiger partial charge on any atom is -0.396 e. The average molecular weight is 177 g/mol. The third kappa shape index (κ3) is 4.49. The molecule has 0 aliphatic carbocycles. The molecule has 1 N–H and O–H groups in total. The molecule has 0 aromatic heterocycles. The molecule has 2 nitrogen and oxygen atoms in total. The van der Waals surface area contributed by atoms with E-state index in [4.69, 9.17) is 5.11 Å². The molecule has 0 fully saturated rings. The summed E-state index contributed by atoms with van der Waals surface area (Å²) in [6, 6.07) is 0. The molecule has 0 bridgehead atoms. The molecular formula is C8H18O2P+. The zero-order chi connectivity index (χ0) is 9.12. The van der Waals surface area contributed by atoms with Gasteiger partial charge in [-0.15, -0.1) is 0 Å². The Hall–Kier alpha value is 0.0600. The van der Waals surface area contributed by atoms with E-state index < -0.39 is 0 Å². The van der Waals surface area contributed by atoms with E-state index in [1.807, 2.05) is 27.7 Å². The van der Waals surface area contributed by atoms with Gasteiger partial charge in [-0.25, -0.2) is 0 Å². The van der Waals surface area contributed by atoms with Crippen LogP contribution in [0.5, 0.6) is 0 Å². The van der Waals surface area contributed by atoms with Crippen LogP contribution in [0, 0.1) is 5.41 Å². The summed E-state index contributed by atoms with van der Waals surface area (Å²) < 4.78 is 10.7. The lowest BCUT2D eigenvalue weighted by molar-refractivity contribution is 0.140. The van der Waals surface area contributed by atoms with Gasteiger partial charge in [-0.1, -0.05) is 18.4 Å². The van der Waals surface area contributed by atoms with E-state index in [1.165, 1.54) is 0 Å². The molecule has 0 aromatic carbocycles. The Labute approximate surface area is 70.2 Å². The van der Waals surface area contributed by atoms with Gasteiger partial charge in [-0.2, -0.15) is 0 Å². The quantitative estimate of drug-likeness (QED) is 0.668. The summed E-state index contributed by atoms with van der Waals surface area (Å²) in [6.07, 6.45) is 0.790. The predicted molar refractivity (Wildman–Crippen MR) is 48.6 cm³/mol. The maximum absolute atomic E-state index is 10.7. The van der Waals surface area contributed by atoms with Crippen molar-refractivity contribution in [3.8, 4) is 0 Å². The van der Waals surface area contributed by atoms with E-state index in [2.05, 4.69) is 0 Å². The second-order valence-corrected chi connectivity index (χ2v) is 6.04. The van der Waals surface area contributed by atoms with E-state index in [1.54, 1.807) is 0 Å². The maximum atomic E-state index is 10.7. The van der Waals surface area contributed by atoms with Gasteiger partial charge >= 0.3 is 8.46 Å². The van der Waals surface area contributed by atoms with Crippen molar-refractivity contribution in [1.82, 2.24) is 0 Å². The van der Waals surface area contributed by atoms with E-state index >= 15 is 0 Å². The molecule has 0 heterocycles. The van der Waals surface area contributed by atoms with E-state index in [0.29, 0.717) is 0 Å². The van der Waals surface area contributed by atoms with Crippen molar-refractivity contribution >= 4 is 8.46 Å². The summed E-state index contributed by atoms with van der Waals surface area (Å²) in [5.41, 5.74) is -0.110. The van der Waals surface area contributed by atoms with Gasteiger partial charge in [0.05, 0.1) is 0 Å². The van der Waals surface area contributed by atoms with Crippen LogP contribution >= 0.6 is 8.46 Å². The van der Waals surface area contributed by atoms with Crippen molar-refractivity contribution in [3.63, 3.8) is 0 Å². The lowest BCUT2D eigenvalue weighted by Gasteiger charge is -2.24. The zero-order valence-electron chi connectivity index (χ0n) is 7.77. The molecule has 0 spiro atoms. The fourth-order valence-electron chi connectivity index (χ4n) is 1.29. The fraction of sp³-hybridized carbons (Fsp3) is 1.00. The van der Waals surface area contributed by atoms with Crippen LogP contribution in [0.3, 0.4) is 0 Å². The summed E-state index contributed by atoms with van der Waals surface area (Å²) >= 11 is 0. The summed E-state index contributed by atoms with van der Waals surface area (Å²) in [6.45, 7) is 8.02. The Morgan fingerprint density at radius 3 is 2.00 bits per heavy atom. The number of aliphatic hydroxyl groups excluding tert-OH is 1. The Kier molecular flexibility index (Phi) is 3.66. The second kappa shape index (κ2) is 3.64. The highest BCUT2D eigenvalue weighted by molar-refractivity contribution is 7.25. The van der Waals surface area contributed by atoms with Crippen LogP contribution < -0.4 is 0 Å². The number of hydrogen-bond acceptors (Lipinski definition) is 2. The maximum Gasteiger partial charge on any atom is 0.330 e. The standard InChI is InChI=1S/C8H17O2P/c1-7(2,6-9)5-8(3,4)11-10/h9H,5-6H2,1-4H3/p+1. The van der Waals surface area contributed by atoms with Gasteiger partial charge in [0, 0.05) is 13.0 Å². The van der Waals surface area contributed by atoms with E-state index in [9.17, 15) is 4.57 Å².